The summed E-state index contributed by atoms with van der Waals surface area (Å²) in [6.45, 7) is 6.72. The van der Waals surface area contributed by atoms with E-state index in [1.807, 2.05) is 62.4 Å². The van der Waals surface area contributed by atoms with Crippen LogP contribution in [0.5, 0.6) is 11.5 Å². The molecule has 166 valence electrons. The second-order valence-electron chi connectivity index (χ2n) is 7.23. The van der Waals surface area contributed by atoms with Crippen molar-refractivity contribution < 1.29 is 19.0 Å². The topological polar surface area (TPSA) is 87.5 Å². The van der Waals surface area contributed by atoms with Crippen LogP contribution in [0.3, 0.4) is 0 Å². The highest BCUT2D eigenvalue weighted by molar-refractivity contribution is 5.92. The van der Waals surface area contributed by atoms with Crippen molar-refractivity contribution in [1.29, 1.82) is 0 Å². The number of esters is 1. The van der Waals surface area contributed by atoms with E-state index in [-0.39, 0.29) is 6.61 Å². The predicted molar refractivity (Wildman–Crippen MR) is 120 cm³/mol. The molecule has 0 fully saturated rings. The zero-order valence-corrected chi connectivity index (χ0v) is 18.4. The number of allylic oxidation sites excluding steroid dienone is 1. The Labute approximate surface area is 186 Å². The smallest absolute Gasteiger partial charge is 0.338 e. The Morgan fingerprint density at radius 2 is 1.88 bits per heavy atom. The number of fused-ring (bicyclic) bond motifs is 1. The fourth-order valence-electron chi connectivity index (χ4n) is 3.69. The average molecular weight is 434 g/mol. The van der Waals surface area contributed by atoms with Gasteiger partial charge in [0.1, 0.15) is 19.0 Å². The van der Waals surface area contributed by atoms with Crippen LogP contribution >= 0.6 is 0 Å². The maximum Gasteiger partial charge on any atom is 0.338 e. The molecule has 2 aromatic carbocycles. The molecule has 8 heteroatoms. The van der Waals surface area contributed by atoms with E-state index in [1.54, 1.807) is 11.6 Å². The summed E-state index contributed by atoms with van der Waals surface area (Å²) in [7, 11) is 0. The average Bonchev–Trinajstić information content (AvgIpc) is 3.26. The van der Waals surface area contributed by atoms with Gasteiger partial charge in [-0.3, -0.25) is 0 Å². The Morgan fingerprint density at radius 1 is 1.06 bits per heavy atom. The van der Waals surface area contributed by atoms with Crippen LogP contribution in [0.25, 0.3) is 0 Å². The Morgan fingerprint density at radius 3 is 2.62 bits per heavy atom. The van der Waals surface area contributed by atoms with Gasteiger partial charge in [-0.1, -0.05) is 36.4 Å². The number of carbonyl (C=O) groups excluding carboxylic acids is 1. The quantitative estimate of drug-likeness (QED) is 0.534. The first-order chi connectivity index (χ1) is 15.6. The van der Waals surface area contributed by atoms with Crippen molar-refractivity contribution in [1.82, 2.24) is 14.8 Å². The lowest BCUT2D eigenvalue weighted by atomic mass is 9.95. The molecule has 32 heavy (non-hydrogen) atoms. The molecule has 4 rings (SSSR count). The zero-order valence-electron chi connectivity index (χ0n) is 18.4. The Kier molecular flexibility index (Phi) is 6.39. The Bertz CT molecular complexity index is 1120. The summed E-state index contributed by atoms with van der Waals surface area (Å²) < 4.78 is 18.9. The largest absolute Gasteiger partial charge is 0.490 e. The number of anilines is 1. The van der Waals surface area contributed by atoms with Crippen LogP contribution in [-0.4, -0.2) is 33.9 Å². The number of nitrogens with one attached hydrogen (secondary N) is 1. The summed E-state index contributed by atoms with van der Waals surface area (Å²) in [5, 5.41) is 7.48. The van der Waals surface area contributed by atoms with E-state index in [4.69, 9.17) is 14.2 Å². The molecule has 2 heterocycles. The number of benzene rings is 2. The van der Waals surface area contributed by atoms with E-state index < -0.39 is 12.0 Å². The number of ether oxygens (including phenoxy) is 3. The van der Waals surface area contributed by atoms with Crippen molar-refractivity contribution in [3.8, 4) is 11.5 Å². The van der Waals surface area contributed by atoms with Crippen LogP contribution in [0.4, 0.5) is 5.95 Å². The van der Waals surface area contributed by atoms with Crippen LogP contribution < -0.4 is 14.8 Å². The molecule has 0 amide bonds. The minimum absolute atomic E-state index is 0.281. The van der Waals surface area contributed by atoms with E-state index in [0.717, 1.165) is 11.1 Å². The molecule has 1 aromatic heterocycles. The maximum absolute atomic E-state index is 12.8. The van der Waals surface area contributed by atoms with Gasteiger partial charge in [-0.2, -0.15) is 10.1 Å². The SMILES string of the molecule is CCOC(=O)C1=C(C)Nc2ncnn2[C@H]1c1ccc(OCc2ccccc2)c(OCC)c1. The summed E-state index contributed by atoms with van der Waals surface area (Å²) in [5.74, 6) is 1.39. The third-order valence-electron chi connectivity index (χ3n) is 5.11. The first-order valence-corrected chi connectivity index (χ1v) is 10.6. The van der Waals surface area contributed by atoms with E-state index in [1.165, 1.54) is 6.33 Å². The molecule has 0 aliphatic carbocycles. The van der Waals surface area contributed by atoms with Gasteiger partial charge in [-0.15, -0.1) is 0 Å². The molecule has 0 unspecified atom stereocenters. The molecule has 1 atom stereocenters. The fraction of sp³-hybridized carbons (Fsp3) is 0.292. The van der Waals surface area contributed by atoms with Crippen molar-refractivity contribution in [2.45, 2.75) is 33.4 Å². The van der Waals surface area contributed by atoms with Crippen LogP contribution in [0, 0.1) is 0 Å². The van der Waals surface area contributed by atoms with Crippen LogP contribution in [0.15, 0.2) is 66.1 Å². The summed E-state index contributed by atoms with van der Waals surface area (Å²) >= 11 is 0. The van der Waals surface area contributed by atoms with Crippen LogP contribution in [0.2, 0.25) is 0 Å². The number of hydrogen-bond acceptors (Lipinski definition) is 7. The van der Waals surface area contributed by atoms with E-state index in [0.29, 0.717) is 41.9 Å². The highest BCUT2D eigenvalue weighted by Gasteiger charge is 2.34. The van der Waals surface area contributed by atoms with Gasteiger partial charge in [0.05, 0.1) is 18.8 Å². The van der Waals surface area contributed by atoms with Gasteiger partial charge >= 0.3 is 5.97 Å². The first-order valence-electron chi connectivity index (χ1n) is 10.6. The highest BCUT2D eigenvalue weighted by atomic mass is 16.5. The van der Waals surface area contributed by atoms with Gasteiger partial charge in [-0.05, 0) is 44.0 Å². The number of rotatable bonds is 8. The molecule has 1 aliphatic heterocycles. The highest BCUT2D eigenvalue weighted by Crippen LogP contribution is 2.39. The molecular weight excluding hydrogens is 408 g/mol. The lowest BCUT2D eigenvalue weighted by molar-refractivity contribution is -0.139. The lowest BCUT2D eigenvalue weighted by Crippen LogP contribution is -2.29. The van der Waals surface area contributed by atoms with Gasteiger partial charge in [0.25, 0.3) is 0 Å². The van der Waals surface area contributed by atoms with Crippen molar-refractivity contribution in [3.05, 3.63) is 77.3 Å². The number of nitrogens with zero attached hydrogens (tertiary/aromatic N) is 3. The number of aromatic nitrogens is 3. The van der Waals surface area contributed by atoms with Gasteiger partial charge in [0.15, 0.2) is 11.5 Å². The van der Waals surface area contributed by atoms with Gasteiger partial charge in [-0.25, -0.2) is 9.48 Å². The van der Waals surface area contributed by atoms with Crippen molar-refractivity contribution >= 4 is 11.9 Å². The van der Waals surface area contributed by atoms with Gasteiger partial charge < -0.3 is 19.5 Å². The predicted octanol–water partition coefficient (Wildman–Crippen LogP) is 4.11. The molecular formula is C24H26N4O4. The normalized spacial score (nSPS) is 15.0. The van der Waals surface area contributed by atoms with Crippen LogP contribution in [0.1, 0.15) is 37.9 Å². The second kappa shape index (κ2) is 9.55. The van der Waals surface area contributed by atoms with E-state index in [2.05, 4.69) is 15.4 Å². The van der Waals surface area contributed by atoms with E-state index >= 15 is 0 Å². The standard InChI is InChI=1S/C24H26N4O4/c1-4-30-20-13-18(11-12-19(20)32-14-17-9-7-6-8-10-17)22-21(23(29)31-5-2)16(3)27-24-25-15-26-28(22)24/h6-13,15,22H,4-5,14H2,1-3H3,(H,25,26,27)/t22-/m0/s1. The molecule has 1 aliphatic rings. The molecule has 0 spiro atoms. The third kappa shape index (κ3) is 4.30. The van der Waals surface area contributed by atoms with Crippen molar-refractivity contribution in [2.24, 2.45) is 0 Å². The first kappa shape index (κ1) is 21.4. The third-order valence-corrected chi connectivity index (χ3v) is 5.11. The van der Waals surface area contributed by atoms with Gasteiger partial charge in [0.2, 0.25) is 5.95 Å². The second-order valence-corrected chi connectivity index (χ2v) is 7.23. The maximum atomic E-state index is 12.8. The summed E-state index contributed by atoms with van der Waals surface area (Å²) in [6.07, 6.45) is 1.46. The molecule has 0 bridgehead atoms. The minimum atomic E-state index is -0.504. The molecule has 0 radical (unpaired) electrons. The molecule has 1 N–H and O–H groups in total. The Hall–Kier alpha value is -3.81. The monoisotopic (exact) mass is 434 g/mol. The minimum Gasteiger partial charge on any atom is -0.490 e. The molecule has 0 saturated heterocycles. The Balaban J connectivity index is 1.71. The van der Waals surface area contributed by atoms with Crippen molar-refractivity contribution in [2.75, 3.05) is 18.5 Å². The molecule has 8 nitrogen and oxygen atoms in total. The van der Waals surface area contributed by atoms with E-state index in [9.17, 15) is 4.79 Å². The fourth-order valence-corrected chi connectivity index (χ4v) is 3.69. The van der Waals surface area contributed by atoms with Crippen LogP contribution in [-0.2, 0) is 16.1 Å². The number of carbonyl (C=O) groups is 1. The summed E-state index contributed by atoms with van der Waals surface area (Å²) in [6, 6.07) is 15.1. The molecule has 0 saturated carbocycles. The zero-order chi connectivity index (χ0) is 22.5. The lowest BCUT2D eigenvalue weighted by Gasteiger charge is -2.28. The summed E-state index contributed by atoms with van der Waals surface area (Å²) in [5.41, 5.74) is 3.03. The molecule has 3 aromatic rings. The van der Waals surface area contributed by atoms with Gasteiger partial charge in [0, 0.05) is 5.70 Å². The van der Waals surface area contributed by atoms with Crippen molar-refractivity contribution in [3.63, 3.8) is 0 Å². The number of hydrogen-bond donors (Lipinski definition) is 1. The summed E-state index contributed by atoms with van der Waals surface area (Å²) in [4.78, 5) is 17.1.